The summed E-state index contributed by atoms with van der Waals surface area (Å²) in [6.07, 6.45) is 1.86. The molecule has 4 rings (SSSR count). The summed E-state index contributed by atoms with van der Waals surface area (Å²) in [6.45, 7) is 9.10. The molecule has 2 aromatic heterocycles. The molecule has 1 N–H and O–H groups in total. The molecular formula is C30H34N6O4. The van der Waals surface area contributed by atoms with Gasteiger partial charge in [0, 0.05) is 17.7 Å². The number of nitrogens with one attached hydrogen (secondary N) is 1. The number of carbonyl (C=O) groups excluding carboxylic acids is 3. The van der Waals surface area contributed by atoms with Crippen molar-refractivity contribution in [3.63, 3.8) is 0 Å². The normalized spacial score (nSPS) is 10.9. The van der Waals surface area contributed by atoms with Crippen molar-refractivity contribution in [2.75, 3.05) is 11.6 Å². The van der Waals surface area contributed by atoms with E-state index < -0.39 is 5.97 Å². The van der Waals surface area contributed by atoms with E-state index in [1.54, 1.807) is 23.5 Å². The number of carbonyl (C=O) groups is 3. The van der Waals surface area contributed by atoms with E-state index in [4.69, 9.17) is 4.74 Å². The number of benzene rings is 2. The van der Waals surface area contributed by atoms with Gasteiger partial charge in [0.2, 0.25) is 11.7 Å². The molecule has 2 heterocycles. The lowest BCUT2D eigenvalue weighted by Gasteiger charge is -2.28. The van der Waals surface area contributed by atoms with Crippen LogP contribution in [0.3, 0.4) is 0 Å². The molecule has 0 bridgehead atoms. The molecule has 0 aliphatic carbocycles. The molecule has 0 aliphatic rings. The van der Waals surface area contributed by atoms with Crippen molar-refractivity contribution in [1.82, 2.24) is 25.3 Å². The lowest BCUT2D eigenvalue weighted by molar-refractivity contribution is -0.120. The quantitative estimate of drug-likeness (QED) is 0.204. The number of unbranched alkanes of at least 4 members (excludes halogenated alkanes) is 1. The monoisotopic (exact) mass is 542 g/mol. The molecule has 0 unspecified atom stereocenters. The Bertz CT molecular complexity index is 1510. The topological polar surface area (TPSA) is 123 Å². The summed E-state index contributed by atoms with van der Waals surface area (Å²) in [4.78, 5) is 39.4. The van der Waals surface area contributed by atoms with Gasteiger partial charge in [0.15, 0.2) is 11.5 Å². The third kappa shape index (κ3) is 5.70. The second-order valence-electron chi connectivity index (χ2n) is 9.56. The Morgan fingerprint density at radius 1 is 1.00 bits per heavy atom. The molecule has 0 aliphatic heterocycles. The summed E-state index contributed by atoms with van der Waals surface area (Å²) in [6, 6.07) is 15.6. The predicted octanol–water partition coefficient (Wildman–Crippen LogP) is 5.19. The number of Topliss-reactive ketones (excluding diaryl/α,β-unsaturated/α-hetero) is 1. The Labute approximate surface area is 233 Å². The predicted molar refractivity (Wildman–Crippen MR) is 151 cm³/mol. The van der Waals surface area contributed by atoms with Gasteiger partial charge in [-0.25, -0.2) is 14.5 Å². The van der Waals surface area contributed by atoms with Crippen molar-refractivity contribution < 1.29 is 19.1 Å². The van der Waals surface area contributed by atoms with Crippen molar-refractivity contribution in [3.8, 4) is 22.5 Å². The molecule has 0 radical (unpaired) electrons. The van der Waals surface area contributed by atoms with Crippen molar-refractivity contribution in [3.05, 3.63) is 76.6 Å². The summed E-state index contributed by atoms with van der Waals surface area (Å²) >= 11 is 0. The Kier molecular flexibility index (Phi) is 8.88. The Morgan fingerprint density at radius 3 is 2.30 bits per heavy atom. The molecule has 208 valence electrons. The number of ketones is 1. The van der Waals surface area contributed by atoms with Crippen LogP contribution < -0.4 is 5.01 Å². The van der Waals surface area contributed by atoms with E-state index in [1.165, 1.54) is 6.92 Å². The first kappa shape index (κ1) is 28.4. The minimum atomic E-state index is -0.634. The Morgan fingerprint density at radius 2 is 1.70 bits per heavy atom. The highest BCUT2D eigenvalue weighted by molar-refractivity contribution is 6.06. The van der Waals surface area contributed by atoms with E-state index in [9.17, 15) is 14.4 Å². The minimum absolute atomic E-state index is 0.0832. The van der Waals surface area contributed by atoms with Crippen LogP contribution >= 0.6 is 0 Å². The SMILES string of the molecule is CCCCC(=O)N(Cc1ccc(-c2ccccc2-c2nn[nH]n2)cc1)n1c(C)c(C)c(C(C)=O)c1C(=O)OCC. The number of nitrogens with zero attached hydrogens (tertiary/aromatic N) is 5. The number of aromatic amines is 1. The first-order chi connectivity index (χ1) is 19.3. The lowest BCUT2D eigenvalue weighted by Crippen LogP contribution is -2.42. The fourth-order valence-corrected chi connectivity index (χ4v) is 4.81. The highest BCUT2D eigenvalue weighted by Gasteiger charge is 2.31. The van der Waals surface area contributed by atoms with Crippen LogP contribution in [0.15, 0.2) is 48.5 Å². The highest BCUT2D eigenvalue weighted by Crippen LogP contribution is 2.30. The Hall–Kier alpha value is -4.60. The molecule has 4 aromatic rings. The number of amides is 1. The van der Waals surface area contributed by atoms with Gasteiger partial charge in [-0.2, -0.15) is 5.21 Å². The second kappa shape index (κ2) is 12.5. The molecule has 0 atom stereocenters. The number of tetrazole rings is 1. The zero-order chi connectivity index (χ0) is 28.8. The van der Waals surface area contributed by atoms with E-state index in [0.717, 1.165) is 28.7 Å². The van der Waals surface area contributed by atoms with Gasteiger partial charge in [0.25, 0.3) is 0 Å². The minimum Gasteiger partial charge on any atom is -0.461 e. The first-order valence-corrected chi connectivity index (χ1v) is 13.4. The molecule has 10 nitrogen and oxygen atoms in total. The number of H-pyrrole nitrogens is 1. The van der Waals surface area contributed by atoms with Gasteiger partial charge in [-0.05, 0) is 61.6 Å². The van der Waals surface area contributed by atoms with Crippen LogP contribution in [0.5, 0.6) is 0 Å². The zero-order valence-electron chi connectivity index (χ0n) is 23.5. The van der Waals surface area contributed by atoms with Crippen LogP contribution in [0.4, 0.5) is 0 Å². The average Bonchev–Trinajstić information content (AvgIpc) is 3.58. The molecule has 10 heteroatoms. The highest BCUT2D eigenvalue weighted by atomic mass is 16.5. The van der Waals surface area contributed by atoms with E-state index >= 15 is 0 Å². The van der Waals surface area contributed by atoms with Crippen molar-refractivity contribution in [1.29, 1.82) is 0 Å². The summed E-state index contributed by atoms with van der Waals surface area (Å²) in [5.41, 5.74) is 5.25. The van der Waals surface area contributed by atoms with Crippen LogP contribution in [-0.4, -0.2) is 49.6 Å². The van der Waals surface area contributed by atoms with Crippen LogP contribution in [0.1, 0.15) is 77.7 Å². The third-order valence-corrected chi connectivity index (χ3v) is 6.89. The van der Waals surface area contributed by atoms with E-state index in [2.05, 4.69) is 20.6 Å². The maximum absolute atomic E-state index is 13.6. The Balaban J connectivity index is 1.76. The fourth-order valence-electron chi connectivity index (χ4n) is 4.81. The van der Waals surface area contributed by atoms with Crippen molar-refractivity contribution >= 4 is 17.7 Å². The van der Waals surface area contributed by atoms with Gasteiger partial charge in [0.1, 0.15) is 0 Å². The number of hydrogen-bond acceptors (Lipinski definition) is 7. The maximum atomic E-state index is 13.6. The number of aromatic nitrogens is 5. The van der Waals surface area contributed by atoms with E-state index in [-0.39, 0.29) is 36.1 Å². The van der Waals surface area contributed by atoms with Crippen LogP contribution in [-0.2, 0) is 16.1 Å². The van der Waals surface area contributed by atoms with Gasteiger partial charge in [-0.3, -0.25) is 9.59 Å². The lowest BCUT2D eigenvalue weighted by atomic mass is 9.98. The van der Waals surface area contributed by atoms with E-state index in [0.29, 0.717) is 29.9 Å². The van der Waals surface area contributed by atoms with Crippen LogP contribution in [0.2, 0.25) is 0 Å². The molecular weight excluding hydrogens is 508 g/mol. The maximum Gasteiger partial charge on any atom is 0.357 e. The summed E-state index contributed by atoms with van der Waals surface area (Å²) < 4.78 is 6.90. The van der Waals surface area contributed by atoms with Crippen molar-refractivity contribution in [2.24, 2.45) is 0 Å². The number of rotatable bonds is 11. The van der Waals surface area contributed by atoms with Crippen LogP contribution in [0.25, 0.3) is 22.5 Å². The van der Waals surface area contributed by atoms with E-state index in [1.807, 2.05) is 62.4 Å². The molecule has 0 saturated carbocycles. The smallest absolute Gasteiger partial charge is 0.357 e. The first-order valence-electron chi connectivity index (χ1n) is 13.4. The standard InChI is InChI=1S/C30H34N6O4/c1-6-8-13-26(38)35(36-20(4)19(3)27(21(5)37)28(36)30(39)40-7-2)18-22-14-16-23(17-15-22)24-11-9-10-12-25(24)29-31-33-34-32-29/h9-12,14-17H,6-8,13,18H2,1-5H3,(H,31,32,33,34). The number of esters is 1. The molecule has 0 fully saturated rings. The molecule has 2 aromatic carbocycles. The third-order valence-electron chi connectivity index (χ3n) is 6.89. The van der Waals surface area contributed by atoms with Gasteiger partial charge in [-0.1, -0.05) is 61.9 Å². The summed E-state index contributed by atoms with van der Waals surface area (Å²) in [7, 11) is 0. The van der Waals surface area contributed by atoms with Gasteiger partial charge in [-0.15, -0.1) is 10.2 Å². The van der Waals surface area contributed by atoms with Crippen molar-refractivity contribution in [2.45, 2.75) is 60.4 Å². The largest absolute Gasteiger partial charge is 0.461 e. The average molecular weight is 543 g/mol. The molecule has 0 saturated heterocycles. The number of ether oxygens (including phenoxy) is 1. The molecule has 0 spiro atoms. The van der Waals surface area contributed by atoms with Gasteiger partial charge >= 0.3 is 5.97 Å². The van der Waals surface area contributed by atoms with Gasteiger partial charge in [0.05, 0.1) is 18.7 Å². The summed E-state index contributed by atoms with van der Waals surface area (Å²) in [5, 5.41) is 16.0. The summed E-state index contributed by atoms with van der Waals surface area (Å²) in [5.74, 6) is -0.538. The zero-order valence-corrected chi connectivity index (χ0v) is 23.5. The number of hydrogen-bond donors (Lipinski definition) is 1. The fraction of sp³-hybridized carbons (Fsp3) is 0.333. The molecule has 40 heavy (non-hydrogen) atoms. The second-order valence-corrected chi connectivity index (χ2v) is 9.56. The van der Waals surface area contributed by atoms with Crippen LogP contribution in [0, 0.1) is 13.8 Å². The molecule has 1 amide bonds. The van der Waals surface area contributed by atoms with Gasteiger partial charge < -0.3 is 4.74 Å².